The minimum atomic E-state index is -2.51. The normalized spacial score (nSPS) is 30.6. The second kappa shape index (κ2) is 3.14. The summed E-state index contributed by atoms with van der Waals surface area (Å²) in [6.45, 7) is 5.69. The third-order valence-electron chi connectivity index (χ3n) is 3.71. The molecule has 0 bridgehead atoms. The molecule has 0 aromatic carbocycles. The third kappa shape index (κ3) is 1.36. The van der Waals surface area contributed by atoms with Gasteiger partial charge in [-0.1, -0.05) is 0 Å². The van der Waals surface area contributed by atoms with Crippen LogP contribution in [0.2, 0.25) is 0 Å². The summed E-state index contributed by atoms with van der Waals surface area (Å²) in [6.07, 6.45) is 0.630. The van der Waals surface area contributed by atoms with Crippen molar-refractivity contribution < 1.29 is 8.78 Å². The quantitative estimate of drug-likeness (QED) is 0.693. The first-order valence-electron chi connectivity index (χ1n) is 5.29. The Morgan fingerprint density at radius 2 is 1.93 bits per heavy atom. The lowest BCUT2D eigenvalue weighted by Gasteiger charge is -2.53. The summed E-state index contributed by atoms with van der Waals surface area (Å²) in [5, 5.41) is 2.97. The Morgan fingerprint density at radius 1 is 1.29 bits per heavy atom. The zero-order valence-corrected chi connectivity index (χ0v) is 8.82. The van der Waals surface area contributed by atoms with Crippen molar-refractivity contribution in [3.63, 3.8) is 0 Å². The largest absolute Gasteiger partial charge is 0.315 e. The van der Waals surface area contributed by atoms with Crippen LogP contribution in [-0.2, 0) is 0 Å². The van der Waals surface area contributed by atoms with Gasteiger partial charge in [0.2, 0.25) is 0 Å². The van der Waals surface area contributed by atoms with E-state index in [1.165, 1.54) is 0 Å². The molecule has 0 radical (unpaired) electrons. The molecule has 0 atom stereocenters. The average molecular weight is 204 g/mol. The summed E-state index contributed by atoms with van der Waals surface area (Å²) >= 11 is 0. The molecule has 1 N–H and O–H groups in total. The van der Waals surface area contributed by atoms with E-state index in [0.717, 1.165) is 6.54 Å². The fourth-order valence-corrected chi connectivity index (χ4v) is 2.35. The molecular weight excluding hydrogens is 186 g/mol. The van der Waals surface area contributed by atoms with Crippen LogP contribution in [0.4, 0.5) is 8.78 Å². The minimum absolute atomic E-state index is 0.0631. The SMILES string of the molecule is CC(C)N1CCC2(CNC2)C(F)(F)C1. The van der Waals surface area contributed by atoms with Gasteiger partial charge in [0, 0.05) is 19.1 Å². The van der Waals surface area contributed by atoms with Crippen molar-refractivity contribution in [1.82, 2.24) is 10.2 Å². The van der Waals surface area contributed by atoms with Gasteiger partial charge in [0.05, 0.1) is 12.0 Å². The number of alkyl halides is 2. The number of nitrogens with one attached hydrogen (secondary N) is 1. The van der Waals surface area contributed by atoms with E-state index in [0.29, 0.717) is 19.5 Å². The first-order chi connectivity index (χ1) is 6.47. The maximum Gasteiger partial charge on any atom is 0.268 e. The maximum atomic E-state index is 13.8. The van der Waals surface area contributed by atoms with Gasteiger partial charge in [0.1, 0.15) is 0 Å². The topological polar surface area (TPSA) is 15.3 Å². The van der Waals surface area contributed by atoms with Crippen molar-refractivity contribution in [2.24, 2.45) is 5.41 Å². The molecule has 2 rings (SSSR count). The van der Waals surface area contributed by atoms with Gasteiger partial charge in [0.15, 0.2) is 0 Å². The molecule has 4 heteroatoms. The van der Waals surface area contributed by atoms with Crippen molar-refractivity contribution in [2.45, 2.75) is 32.2 Å². The molecule has 2 aliphatic heterocycles. The number of halogens is 2. The molecular formula is C10H18F2N2. The Bertz CT molecular complexity index is 224. The Morgan fingerprint density at radius 3 is 2.29 bits per heavy atom. The second-order valence-corrected chi connectivity index (χ2v) is 4.90. The van der Waals surface area contributed by atoms with E-state index in [4.69, 9.17) is 0 Å². The fraction of sp³-hybridized carbons (Fsp3) is 1.00. The molecule has 0 saturated carbocycles. The Kier molecular flexibility index (Phi) is 2.31. The first-order valence-corrected chi connectivity index (χ1v) is 5.29. The van der Waals surface area contributed by atoms with E-state index < -0.39 is 11.3 Å². The molecule has 2 heterocycles. The van der Waals surface area contributed by atoms with E-state index in [9.17, 15) is 8.78 Å². The molecule has 2 saturated heterocycles. The van der Waals surface area contributed by atoms with E-state index in [1.54, 1.807) is 0 Å². The zero-order chi connectivity index (χ0) is 10.4. The van der Waals surface area contributed by atoms with Crippen LogP contribution in [0.5, 0.6) is 0 Å². The Labute approximate surface area is 83.7 Å². The molecule has 14 heavy (non-hydrogen) atoms. The monoisotopic (exact) mass is 204 g/mol. The molecule has 0 amide bonds. The smallest absolute Gasteiger partial charge is 0.268 e. The van der Waals surface area contributed by atoms with Gasteiger partial charge in [0.25, 0.3) is 5.92 Å². The lowest BCUT2D eigenvalue weighted by atomic mass is 9.70. The van der Waals surface area contributed by atoms with Gasteiger partial charge in [-0.15, -0.1) is 0 Å². The highest BCUT2D eigenvalue weighted by Gasteiger charge is 2.59. The van der Waals surface area contributed by atoms with Crippen molar-refractivity contribution in [1.29, 1.82) is 0 Å². The highest BCUT2D eigenvalue weighted by molar-refractivity contribution is 5.06. The summed E-state index contributed by atoms with van der Waals surface area (Å²) in [5.41, 5.74) is -0.724. The third-order valence-corrected chi connectivity index (χ3v) is 3.71. The van der Waals surface area contributed by atoms with Gasteiger partial charge in [-0.2, -0.15) is 0 Å². The Hall–Kier alpha value is -0.220. The van der Waals surface area contributed by atoms with Gasteiger partial charge < -0.3 is 5.32 Å². The number of nitrogens with zero attached hydrogens (tertiary/aromatic N) is 1. The van der Waals surface area contributed by atoms with E-state index >= 15 is 0 Å². The summed E-state index contributed by atoms with van der Waals surface area (Å²) in [5.74, 6) is -2.51. The van der Waals surface area contributed by atoms with Crippen LogP contribution in [0.1, 0.15) is 20.3 Å². The van der Waals surface area contributed by atoms with Crippen molar-refractivity contribution in [2.75, 3.05) is 26.2 Å². The molecule has 1 spiro atoms. The predicted octanol–water partition coefficient (Wildman–Crippen LogP) is 1.33. The average Bonchev–Trinajstić information content (AvgIpc) is 1.99. The number of rotatable bonds is 1. The van der Waals surface area contributed by atoms with Crippen LogP contribution in [0, 0.1) is 5.41 Å². The van der Waals surface area contributed by atoms with Crippen molar-refractivity contribution >= 4 is 0 Å². The maximum absolute atomic E-state index is 13.8. The number of likely N-dealkylation sites (tertiary alicyclic amines) is 1. The summed E-state index contributed by atoms with van der Waals surface area (Å²) in [6, 6.07) is 0.228. The molecule has 2 nitrogen and oxygen atoms in total. The summed E-state index contributed by atoms with van der Waals surface area (Å²) < 4.78 is 27.7. The minimum Gasteiger partial charge on any atom is -0.315 e. The standard InChI is InChI=1S/C10H18F2N2/c1-8(2)14-4-3-9(5-13-6-9)10(11,12)7-14/h8,13H,3-7H2,1-2H3. The van der Waals surface area contributed by atoms with Crippen molar-refractivity contribution in [3.8, 4) is 0 Å². The van der Waals surface area contributed by atoms with Crippen LogP contribution in [0.25, 0.3) is 0 Å². The van der Waals surface area contributed by atoms with Crippen LogP contribution >= 0.6 is 0 Å². The van der Waals surface area contributed by atoms with Crippen LogP contribution in [0.15, 0.2) is 0 Å². The summed E-state index contributed by atoms with van der Waals surface area (Å²) in [7, 11) is 0. The molecule has 2 aliphatic rings. The van der Waals surface area contributed by atoms with Gasteiger partial charge in [-0.3, -0.25) is 4.90 Å². The molecule has 82 valence electrons. The molecule has 2 fully saturated rings. The van der Waals surface area contributed by atoms with Crippen LogP contribution in [-0.4, -0.2) is 43.0 Å². The highest BCUT2D eigenvalue weighted by atomic mass is 19.3. The van der Waals surface area contributed by atoms with Crippen molar-refractivity contribution in [3.05, 3.63) is 0 Å². The van der Waals surface area contributed by atoms with Gasteiger partial charge >= 0.3 is 0 Å². The zero-order valence-electron chi connectivity index (χ0n) is 8.82. The number of hydrogen-bond donors (Lipinski definition) is 1. The fourth-order valence-electron chi connectivity index (χ4n) is 2.35. The van der Waals surface area contributed by atoms with Gasteiger partial charge in [-0.05, 0) is 26.8 Å². The van der Waals surface area contributed by atoms with E-state index in [1.807, 2.05) is 18.7 Å². The number of piperidine rings is 1. The molecule has 0 unspecified atom stereocenters. The van der Waals surface area contributed by atoms with Gasteiger partial charge in [-0.25, -0.2) is 8.78 Å². The van der Waals surface area contributed by atoms with E-state index in [2.05, 4.69) is 5.32 Å². The van der Waals surface area contributed by atoms with Crippen LogP contribution < -0.4 is 5.32 Å². The van der Waals surface area contributed by atoms with E-state index in [-0.39, 0.29) is 12.6 Å². The van der Waals surface area contributed by atoms with Crippen LogP contribution in [0.3, 0.4) is 0 Å². The lowest BCUT2D eigenvalue weighted by Crippen LogP contribution is -2.69. The number of hydrogen-bond acceptors (Lipinski definition) is 2. The highest BCUT2D eigenvalue weighted by Crippen LogP contribution is 2.46. The molecule has 0 aliphatic carbocycles. The molecule has 0 aromatic rings. The molecule has 0 aromatic heterocycles. The summed E-state index contributed by atoms with van der Waals surface area (Å²) in [4.78, 5) is 1.88. The first kappa shape index (κ1) is 10.3. The second-order valence-electron chi connectivity index (χ2n) is 4.90. The Balaban J connectivity index is 2.08. The predicted molar refractivity (Wildman–Crippen MR) is 51.6 cm³/mol. The lowest BCUT2D eigenvalue weighted by molar-refractivity contribution is -0.192.